The van der Waals surface area contributed by atoms with Gasteiger partial charge in [-0.25, -0.2) is 4.68 Å². The average Bonchev–Trinajstić information content (AvgIpc) is 3.04. The molecule has 0 N–H and O–H groups in total. The van der Waals surface area contributed by atoms with Crippen LogP contribution in [0, 0.1) is 13.8 Å². The maximum Gasteiger partial charge on any atom is 0.207 e. The van der Waals surface area contributed by atoms with Gasteiger partial charge in [-0.1, -0.05) is 24.3 Å². The Morgan fingerprint density at radius 3 is 2.55 bits per heavy atom. The Hall–Kier alpha value is -2.83. The summed E-state index contributed by atoms with van der Waals surface area (Å²) in [5.41, 5.74) is 2.61. The summed E-state index contributed by atoms with van der Waals surface area (Å²) in [4.78, 5) is 0. The number of benzene rings is 1. The second-order valence-corrected chi connectivity index (χ2v) is 4.70. The monoisotopic (exact) mass is 265 g/mol. The van der Waals surface area contributed by atoms with Crippen LogP contribution in [0.5, 0.6) is 0 Å². The molecule has 3 aromatic heterocycles. The summed E-state index contributed by atoms with van der Waals surface area (Å²) in [5.74, 6) is 0.728. The lowest BCUT2D eigenvalue weighted by molar-refractivity contribution is 0.700. The van der Waals surface area contributed by atoms with E-state index in [1.54, 1.807) is 0 Å². The van der Waals surface area contributed by atoms with Crippen LogP contribution >= 0.6 is 0 Å². The SMILES string of the molecule is Cc1cc(C)n(-c2nn3nnnc3c3ccccc23)n1. The van der Waals surface area contributed by atoms with Gasteiger partial charge < -0.3 is 0 Å². The van der Waals surface area contributed by atoms with Crippen molar-refractivity contribution < 1.29 is 0 Å². The minimum Gasteiger partial charge on any atom is -0.217 e. The largest absolute Gasteiger partial charge is 0.217 e. The van der Waals surface area contributed by atoms with E-state index in [0.717, 1.165) is 28.0 Å². The smallest absolute Gasteiger partial charge is 0.207 e. The van der Waals surface area contributed by atoms with Crippen LogP contribution < -0.4 is 0 Å². The van der Waals surface area contributed by atoms with Crippen molar-refractivity contribution in [2.75, 3.05) is 0 Å². The molecule has 0 spiro atoms. The Labute approximate surface area is 113 Å². The molecule has 4 rings (SSSR count). The normalized spacial score (nSPS) is 11.5. The highest BCUT2D eigenvalue weighted by Gasteiger charge is 2.14. The summed E-state index contributed by atoms with van der Waals surface area (Å²) in [7, 11) is 0. The summed E-state index contributed by atoms with van der Waals surface area (Å²) in [6.45, 7) is 3.96. The first-order valence-corrected chi connectivity index (χ1v) is 6.25. The molecule has 20 heavy (non-hydrogen) atoms. The van der Waals surface area contributed by atoms with E-state index in [1.165, 1.54) is 4.63 Å². The lowest BCUT2D eigenvalue weighted by Crippen LogP contribution is -2.07. The van der Waals surface area contributed by atoms with Crippen molar-refractivity contribution >= 4 is 16.4 Å². The molecule has 7 nitrogen and oxygen atoms in total. The molecule has 4 aromatic rings. The zero-order valence-electron chi connectivity index (χ0n) is 11.0. The molecular weight excluding hydrogens is 254 g/mol. The third kappa shape index (κ3) is 1.43. The number of nitrogens with zero attached hydrogens (tertiary/aromatic N) is 7. The Bertz CT molecular complexity index is 934. The van der Waals surface area contributed by atoms with Crippen molar-refractivity contribution in [1.82, 2.24) is 35.0 Å². The molecule has 0 unspecified atom stereocenters. The van der Waals surface area contributed by atoms with E-state index in [4.69, 9.17) is 0 Å². The minimum absolute atomic E-state index is 0.644. The van der Waals surface area contributed by atoms with Gasteiger partial charge in [0.05, 0.1) is 5.69 Å². The highest BCUT2D eigenvalue weighted by atomic mass is 15.6. The summed E-state index contributed by atoms with van der Waals surface area (Å²) < 4.78 is 3.26. The Morgan fingerprint density at radius 2 is 1.80 bits per heavy atom. The van der Waals surface area contributed by atoms with Crippen LogP contribution in [-0.4, -0.2) is 35.0 Å². The lowest BCUT2D eigenvalue weighted by atomic mass is 10.2. The van der Waals surface area contributed by atoms with E-state index >= 15 is 0 Å². The average molecular weight is 265 g/mol. The third-order valence-corrected chi connectivity index (χ3v) is 3.26. The van der Waals surface area contributed by atoms with E-state index in [2.05, 4.69) is 25.7 Å². The van der Waals surface area contributed by atoms with Gasteiger partial charge in [-0.2, -0.15) is 5.10 Å². The van der Waals surface area contributed by atoms with Crippen LogP contribution in [-0.2, 0) is 0 Å². The van der Waals surface area contributed by atoms with Crippen LogP contribution in [0.15, 0.2) is 30.3 Å². The fourth-order valence-electron chi connectivity index (χ4n) is 2.43. The van der Waals surface area contributed by atoms with E-state index in [-0.39, 0.29) is 0 Å². The zero-order chi connectivity index (χ0) is 13.7. The van der Waals surface area contributed by atoms with Crippen LogP contribution in [0.2, 0.25) is 0 Å². The molecule has 0 amide bonds. The first kappa shape index (κ1) is 11.0. The Kier molecular flexibility index (Phi) is 2.11. The topological polar surface area (TPSA) is 73.8 Å². The predicted octanol–water partition coefficient (Wildman–Crippen LogP) is 1.48. The number of tetrazole rings is 1. The summed E-state index contributed by atoms with van der Waals surface area (Å²) >= 11 is 0. The first-order chi connectivity index (χ1) is 9.74. The maximum atomic E-state index is 4.49. The number of hydrogen-bond donors (Lipinski definition) is 0. The van der Waals surface area contributed by atoms with Crippen LogP contribution in [0.1, 0.15) is 11.4 Å². The molecule has 1 aromatic carbocycles. The van der Waals surface area contributed by atoms with Crippen LogP contribution in [0.4, 0.5) is 0 Å². The van der Waals surface area contributed by atoms with E-state index in [0.29, 0.717) is 5.65 Å². The minimum atomic E-state index is 0.644. The summed E-state index contributed by atoms with van der Waals surface area (Å²) in [5, 5.41) is 22.5. The lowest BCUT2D eigenvalue weighted by Gasteiger charge is -2.07. The van der Waals surface area contributed by atoms with Gasteiger partial charge >= 0.3 is 0 Å². The second-order valence-electron chi connectivity index (χ2n) is 4.70. The number of aromatic nitrogens is 7. The highest BCUT2D eigenvalue weighted by molar-refractivity contribution is 5.97. The Balaban J connectivity index is 2.18. The molecule has 0 saturated heterocycles. The molecule has 0 aliphatic rings. The molecule has 98 valence electrons. The van der Waals surface area contributed by atoms with Gasteiger partial charge in [0.25, 0.3) is 0 Å². The van der Waals surface area contributed by atoms with Gasteiger partial charge in [0, 0.05) is 16.5 Å². The van der Waals surface area contributed by atoms with Gasteiger partial charge in [0.2, 0.25) is 5.65 Å². The second kappa shape index (κ2) is 3.83. The molecule has 0 saturated carbocycles. The Morgan fingerprint density at radius 1 is 1.00 bits per heavy atom. The van der Waals surface area contributed by atoms with Crippen molar-refractivity contribution in [2.45, 2.75) is 13.8 Å². The molecule has 7 heteroatoms. The molecule has 0 bridgehead atoms. The molecular formula is C13H11N7. The van der Waals surface area contributed by atoms with E-state index in [9.17, 15) is 0 Å². The van der Waals surface area contributed by atoms with Gasteiger partial charge in [0.1, 0.15) is 0 Å². The standard InChI is InChI=1S/C13H11N7/c1-8-7-9(2)19(15-8)13-11-6-4-3-5-10(11)12-14-17-18-20(12)16-13/h3-7H,1-2H3. The van der Waals surface area contributed by atoms with Crippen molar-refractivity contribution in [1.29, 1.82) is 0 Å². The highest BCUT2D eigenvalue weighted by Crippen LogP contribution is 2.23. The third-order valence-electron chi connectivity index (χ3n) is 3.26. The van der Waals surface area contributed by atoms with Crippen LogP contribution in [0.25, 0.3) is 22.2 Å². The number of rotatable bonds is 1. The van der Waals surface area contributed by atoms with Crippen molar-refractivity contribution in [3.63, 3.8) is 0 Å². The maximum absolute atomic E-state index is 4.49. The number of hydrogen-bond acceptors (Lipinski definition) is 5. The molecule has 0 atom stereocenters. The van der Waals surface area contributed by atoms with E-state index < -0.39 is 0 Å². The summed E-state index contributed by atoms with van der Waals surface area (Å²) in [6, 6.07) is 9.93. The van der Waals surface area contributed by atoms with Crippen LogP contribution in [0.3, 0.4) is 0 Å². The number of aryl methyl sites for hydroxylation is 2. The fraction of sp³-hybridized carbons (Fsp3) is 0.154. The molecule has 0 aliphatic heterocycles. The molecule has 3 heterocycles. The number of fused-ring (bicyclic) bond motifs is 3. The van der Waals surface area contributed by atoms with Gasteiger partial charge in [-0.05, 0) is 30.3 Å². The molecule has 0 aliphatic carbocycles. The zero-order valence-corrected chi connectivity index (χ0v) is 11.0. The summed E-state index contributed by atoms with van der Waals surface area (Å²) in [6.07, 6.45) is 0. The molecule has 0 radical (unpaired) electrons. The van der Waals surface area contributed by atoms with Crippen molar-refractivity contribution in [2.24, 2.45) is 0 Å². The molecule has 0 fully saturated rings. The van der Waals surface area contributed by atoms with Crippen molar-refractivity contribution in [3.8, 4) is 5.82 Å². The van der Waals surface area contributed by atoms with E-state index in [1.807, 2.05) is 48.9 Å². The predicted molar refractivity (Wildman–Crippen MR) is 72.7 cm³/mol. The quantitative estimate of drug-likeness (QED) is 0.521. The first-order valence-electron chi connectivity index (χ1n) is 6.25. The van der Waals surface area contributed by atoms with Gasteiger partial charge in [-0.3, -0.25) is 0 Å². The van der Waals surface area contributed by atoms with Gasteiger partial charge in [0.15, 0.2) is 5.82 Å². The van der Waals surface area contributed by atoms with Gasteiger partial charge in [-0.15, -0.1) is 14.8 Å². The fourth-order valence-corrected chi connectivity index (χ4v) is 2.43. The van der Waals surface area contributed by atoms with Crippen molar-refractivity contribution in [3.05, 3.63) is 41.7 Å².